The molecule has 0 spiro atoms. The molecule has 0 unspecified atom stereocenters. The molecule has 5 nitrogen and oxygen atoms in total. The summed E-state index contributed by atoms with van der Waals surface area (Å²) in [6, 6.07) is 9.86. The number of aryl methyl sites for hydroxylation is 1. The first kappa shape index (κ1) is 18.2. The number of carbonyl (C=O) groups is 2. The van der Waals surface area contributed by atoms with Crippen LogP contribution in [0.3, 0.4) is 0 Å². The molecule has 1 aliphatic rings. The molecule has 0 radical (unpaired) electrons. The molecular formula is C21H27N3O2. The van der Waals surface area contributed by atoms with Crippen molar-refractivity contribution in [2.75, 3.05) is 26.2 Å². The van der Waals surface area contributed by atoms with Crippen molar-refractivity contribution in [2.45, 2.75) is 32.6 Å². The molecular weight excluding hydrogens is 326 g/mol. The SMILES string of the molecule is CCCc1ccc(C(=O)N2CCCN(C(=O)Cc3cc[nH]c3)CC2)cc1. The summed E-state index contributed by atoms with van der Waals surface area (Å²) in [5.41, 5.74) is 3.00. The summed E-state index contributed by atoms with van der Waals surface area (Å²) in [5, 5.41) is 0. The van der Waals surface area contributed by atoms with Crippen LogP contribution in [0.25, 0.3) is 0 Å². The zero-order valence-electron chi connectivity index (χ0n) is 15.4. The van der Waals surface area contributed by atoms with Crippen LogP contribution >= 0.6 is 0 Å². The van der Waals surface area contributed by atoms with Crippen molar-refractivity contribution in [2.24, 2.45) is 0 Å². The van der Waals surface area contributed by atoms with E-state index in [4.69, 9.17) is 0 Å². The Morgan fingerprint density at radius 3 is 2.38 bits per heavy atom. The minimum Gasteiger partial charge on any atom is -0.367 e. The van der Waals surface area contributed by atoms with Crippen LogP contribution in [0.2, 0.25) is 0 Å². The molecule has 2 amide bonds. The molecule has 3 rings (SSSR count). The maximum Gasteiger partial charge on any atom is 0.253 e. The number of hydrogen-bond donors (Lipinski definition) is 1. The summed E-state index contributed by atoms with van der Waals surface area (Å²) in [6.45, 7) is 4.75. The summed E-state index contributed by atoms with van der Waals surface area (Å²) in [7, 11) is 0. The summed E-state index contributed by atoms with van der Waals surface area (Å²) >= 11 is 0. The molecule has 0 atom stereocenters. The molecule has 1 saturated heterocycles. The number of H-pyrrole nitrogens is 1. The minimum atomic E-state index is 0.0629. The van der Waals surface area contributed by atoms with Crippen molar-refractivity contribution >= 4 is 11.8 Å². The fourth-order valence-electron chi connectivity index (χ4n) is 3.41. The van der Waals surface area contributed by atoms with E-state index in [0.717, 1.165) is 30.4 Å². The van der Waals surface area contributed by atoms with Crippen molar-refractivity contribution < 1.29 is 9.59 Å². The van der Waals surface area contributed by atoms with Gasteiger partial charge in [-0.25, -0.2) is 0 Å². The topological polar surface area (TPSA) is 56.4 Å². The van der Waals surface area contributed by atoms with Gasteiger partial charge in [0.25, 0.3) is 5.91 Å². The number of amides is 2. The number of rotatable bonds is 5. The van der Waals surface area contributed by atoms with E-state index >= 15 is 0 Å². The molecule has 2 heterocycles. The van der Waals surface area contributed by atoms with E-state index in [2.05, 4.69) is 11.9 Å². The third-order valence-electron chi connectivity index (χ3n) is 4.89. The van der Waals surface area contributed by atoms with Crippen molar-refractivity contribution in [1.82, 2.24) is 14.8 Å². The Morgan fingerprint density at radius 1 is 0.962 bits per heavy atom. The van der Waals surface area contributed by atoms with E-state index in [1.807, 2.05) is 52.5 Å². The Morgan fingerprint density at radius 2 is 1.69 bits per heavy atom. The van der Waals surface area contributed by atoms with Crippen LogP contribution < -0.4 is 0 Å². The van der Waals surface area contributed by atoms with Gasteiger partial charge >= 0.3 is 0 Å². The first-order valence-corrected chi connectivity index (χ1v) is 9.45. The molecule has 1 aromatic carbocycles. The van der Waals surface area contributed by atoms with Gasteiger partial charge in [0.1, 0.15) is 0 Å². The highest BCUT2D eigenvalue weighted by Crippen LogP contribution is 2.13. The van der Waals surface area contributed by atoms with Crippen LogP contribution in [0.5, 0.6) is 0 Å². The molecule has 2 aromatic rings. The van der Waals surface area contributed by atoms with E-state index < -0.39 is 0 Å². The maximum atomic E-state index is 12.8. The van der Waals surface area contributed by atoms with E-state index in [0.29, 0.717) is 32.6 Å². The summed E-state index contributed by atoms with van der Waals surface area (Å²) < 4.78 is 0. The van der Waals surface area contributed by atoms with Crippen LogP contribution in [-0.4, -0.2) is 52.8 Å². The highest BCUT2D eigenvalue weighted by molar-refractivity contribution is 5.94. The lowest BCUT2D eigenvalue weighted by molar-refractivity contribution is -0.130. The Kier molecular flexibility index (Phi) is 6.10. The normalized spacial score (nSPS) is 15.0. The second kappa shape index (κ2) is 8.70. The Labute approximate surface area is 155 Å². The molecule has 26 heavy (non-hydrogen) atoms. The zero-order valence-corrected chi connectivity index (χ0v) is 15.4. The number of hydrogen-bond acceptors (Lipinski definition) is 2. The van der Waals surface area contributed by atoms with E-state index in [-0.39, 0.29) is 11.8 Å². The number of benzene rings is 1. The number of aromatic nitrogens is 1. The van der Waals surface area contributed by atoms with Crippen molar-refractivity contribution in [3.63, 3.8) is 0 Å². The van der Waals surface area contributed by atoms with Gasteiger partial charge in [0.15, 0.2) is 0 Å². The first-order valence-electron chi connectivity index (χ1n) is 9.45. The molecule has 1 aliphatic heterocycles. The Hall–Kier alpha value is -2.56. The van der Waals surface area contributed by atoms with Crippen molar-refractivity contribution in [1.29, 1.82) is 0 Å². The number of aromatic amines is 1. The van der Waals surface area contributed by atoms with Crippen molar-refractivity contribution in [3.8, 4) is 0 Å². The first-order chi connectivity index (χ1) is 12.7. The van der Waals surface area contributed by atoms with Crippen LogP contribution in [0.15, 0.2) is 42.7 Å². The molecule has 1 fully saturated rings. The minimum absolute atomic E-state index is 0.0629. The van der Waals surface area contributed by atoms with Gasteiger partial charge in [0.05, 0.1) is 6.42 Å². The third kappa shape index (κ3) is 4.54. The fourth-order valence-corrected chi connectivity index (χ4v) is 3.41. The zero-order chi connectivity index (χ0) is 18.4. The Bertz CT molecular complexity index is 722. The molecule has 1 N–H and O–H groups in total. The predicted octanol–water partition coefficient (Wildman–Crippen LogP) is 2.88. The van der Waals surface area contributed by atoms with Gasteiger partial charge in [-0.1, -0.05) is 25.5 Å². The third-order valence-corrected chi connectivity index (χ3v) is 4.89. The molecule has 1 aromatic heterocycles. The smallest absolute Gasteiger partial charge is 0.253 e. The second-order valence-corrected chi connectivity index (χ2v) is 6.87. The van der Waals surface area contributed by atoms with E-state index in [9.17, 15) is 9.59 Å². The molecule has 5 heteroatoms. The van der Waals surface area contributed by atoms with Gasteiger partial charge in [-0.05, 0) is 42.2 Å². The van der Waals surface area contributed by atoms with Crippen LogP contribution in [0.4, 0.5) is 0 Å². The molecule has 0 saturated carbocycles. The van der Waals surface area contributed by atoms with Crippen molar-refractivity contribution in [3.05, 3.63) is 59.4 Å². The number of carbonyl (C=O) groups excluding carboxylic acids is 2. The molecule has 0 aliphatic carbocycles. The average molecular weight is 353 g/mol. The lowest BCUT2D eigenvalue weighted by atomic mass is 10.1. The average Bonchev–Trinajstić information content (AvgIpc) is 3.03. The standard InChI is InChI=1S/C21H27N3O2/c1-2-4-17-5-7-19(8-6-17)21(26)24-12-3-11-23(13-14-24)20(25)15-18-9-10-22-16-18/h5-10,16,22H,2-4,11-15H2,1H3. The predicted molar refractivity (Wildman–Crippen MR) is 102 cm³/mol. The van der Waals surface area contributed by atoms with Gasteiger partial charge in [-0.15, -0.1) is 0 Å². The van der Waals surface area contributed by atoms with Gasteiger partial charge in [0.2, 0.25) is 5.91 Å². The largest absolute Gasteiger partial charge is 0.367 e. The lowest BCUT2D eigenvalue weighted by Gasteiger charge is -2.22. The number of nitrogens with one attached hydrogen (secondary N) is 1. The second-order valence-electron chi connectivity index (χ2n) is 6.87. The van der Waals surface area contributed by atoms with E-state index in [1.54, 1.807) is 0 Å². The maximum absolute atomic E-state index is 12.8. The van der Waals surface area contributed by atoms with E-state index in [1.165, 1.54) is 5.56 Å². The highest BCUT2D eigenvalue weighted by Gasteiger charge is 2.22. The molecule has 138 valence electrons. The summed E-state index contributed by atoms with van der Waals surface area (Å²) in [6.07, 6.45) is 7.06. The van der Waals surface area contributed by atoms with Gasteiger partial charge in [-0.3, -0.25) is 9.59 Å². The van der Waals surface area contributed by atoms with Crippen LogP contribution in [0, 0.1) is 0 Å². The number of nitrogens with zero attached hydrogens (tertiary/aromatic N) is 2. The van der Waals surface area contributed by atoms with Gasteiger partial charge < -0.3 is 14.8 Å². The van der Waals surface area contributed by atoms with Crippen LogP contribution in [-0.2, 0) is 17.6 Å². The fraction of sp³-hybridized carbons (Fsp3) is 0.429. The Balaban J connectivity index is 1.57. The highest BCUT2D eigenvalue weighted by atomic mass is 16.2. The molecule has 0 bridgehead atoms. The monoisotopic (exact) mass is 353 g/mol. The summed E-state index contributed by atoms with van der Waals surface area (Å²) in [4.78, 5) is 32.0. The van der Waals surface area contributed by atoms with Gasteiger partial charge in [0, 0.05) is 44.1 Å². The van der Waals surface area contributed by atoms with Crippen LogP contribution in [0.1, 0.15) is 41.3 Å². The summed E-state index contributed by atoms with van der Waals surface area (Å²) in [5.74, 6) is 0.191. The lowest BCUT2D eigenvalue weighted by Crippen LogP contribution is -2.37. The quantitative estimate of drug-likeness (QED) is 0.899. The van der Waals surface area contributed by atoms with Gasteiger partial charge in [-0.2, -0.15) is 0 Å².